The van der Waals surface area contributed by atoms with Gasteiger partial charge in [0.25, 0.3) is 0 Å². The van der Waals surface area contributed by atoms with Crippen LogP contribution in [0.5, 0.6) is 23.0 Å². The molecule has 0 heterocycles. The molecule has 0 aliphatic heterocycles. The monoisotopic (exact) mass is 844 g/mol. The Morgan fingerprint density at radius 1 is 0.349 bits per heavy atom. The number of nitrogens with zero attached hydrogens (tertiary/aromatic N) is 2. The maximum absolute atomic E-state index is 14.8. The zero-order chi connectivity index (χ0) is 43.8. The van der Waals surface area contributed by atoms with Crippen LogP contribution in [0.25, 0.3) is 11.1 Å². The molecule has 1 aliphatic rings. The first-order valence-corrected chi connectivity index (χ1v) is 20.0. The molecule has 8 aromatic rings. The molecule has 314 valence electrons. The average Bonchev–Trinajstić information content (AvgIpc) is 3.61. The van der Waals surface area contributed by atoms with Gasteiger partial charge < -0.3 is 28.7 Å². The highest BCUT2D eigenvalue weighted by atomic mass is 19.1. The molecule has 0 spiro atoms. The molecular formula is C53H40F4N2O4. The number of halogens is 4. The van der Waals surface area contributed by atoms with Gasteiger partial charge in [0, 0.05) is 35.6 Å². The van der Waals surface area contributed by atoms with Gasteiger partial charge in [0.15, 0.2) is 0 Å². The summed E-state index contributed by atoms with van der Waals surface area (Å²) in [6.07, 6.45) is 0. The van der Waals surface area contributed by atoms with E-state index in [1.165, 1.54) is 77.0 Å². The van der Waals surface area contributed by atoms with Crippen molar-refractivity contribution in [1.82, 2.24) is 0 Å². The largest absolute Gasteiger partial charge is 0.494 e. The van der Waals surface area contributed by atoms with Crippen molar-refractivity contribution in [3.05, 3.63) is 215 Å². The topological polar surface area (TPSA) is 43.4 Å². The van der Waals surface area contributed by atoms with E-state index in [1.807, 2.05) is 58.3 Å². The van der Waals surface area contributed by atoms with Crippen LogP contribution in [0.2, 0.25) is 0 Å². The van der Waals surface area contributed by atoms with Crippen molar-refractivity contribution in [1.29, 1.82) is 0 Å². The molecule has 0 radical (unpaired) electrons. The smallest absolute Gasteiger partial charge is 0.145 e. The van der Waals surface area contributed by atoms with Gasteiger partial charge in [-0.1, -0.05) is 72.8 Å². The third-order valence-corrected chi connectivity index (χ3v) is 11.6. The molecule has 0 unspecified atom stereocenters. The van der Waals surface area contributed by atoms with Crippen molar-refractivity contribution in [3.63, 3.8) is 0 Å². The Labute approximate surface area is 362 Å². The van der Waals surface area contributed by atoms with Crippen molar-refractivity contribution in [2.24, 2.45) is 0 Å². The highest BCUT2D eigenvalue weighted by molar-refractivity contribution is 5.93. The number of rotatable bonds is 12. The van der Waals surface area contributed by atoms with Crippen molar-refractivity contribution in [2.75, 3.05) is 38.2 Å². The van der Waals surface area contributed by atoms with Gasteiger partial charge in [0.1, 0.15) is 46.3 Å². The lowest BCUT2D eigenvalue weighted by Crippen LogP contribution is -2.29. The van der Waals surface area contributed by atoms with Crippen molar-refractivity contribution in [3.8, 4) is 34.1 Å². The molecule has 0 bridgehead atoms. The summed E-state index contributed by atoms with van der Waals surface area (Å²) in [4.78, 5) is 3.74. The number of ether oxygens (including phenoxy) is 4. The fourth-order valence-corrected chi connectivity index (χ4v) is 8.90. The van der Waals surface area contributed by atoms with Gasteiger partial charge in [0.2, 0.25) is 0 Å². The quantitative estimate of drug-likeness (QED) is 0.114. The first-order valence-electron chi connectivity index (χ1n) is 20.0. The van der Waals surface area contributed by atoms with Crippen molar-refractivity contribution in [2.45, 2.75) is 5.41 Å². The van der Waals surface area contributed by atoms with E-state index in [4.69, 9.17) is 18.9 Å². The summed E-state index contributed by atoms with van der Waals surface area (Å²) in [5.41, 5.74) is 7.93. The minimum Gasteiger partial charge on any atom is -0.494 e. The van der Waals surface area contributed by atoms with E-state index in [1.54, 1.807) is 24.3 Å². The Balaban J connectivity index is 1.36. The normalized spacial score (nSPS) is 12.3. The van der Waals surface area contributed by atoms with Gasteiger partial charge in [-0.3, -0.25) is 0 Å². The second-order valence-corrected chi connectivity index (χ2v) is 14.9. The van der Waals surface area contributed by atoms with Gasteiger partial charge in [-0.2, -0.15) is 0 Å². The van der Waals surface area contributed by atoms with Gasteiger partial charge in [0.05, 0.1) is 56.6 Å². The lowest BCUT2D eigenvalue weighted by atomic mass is 9.67. The van der Waals surface area contributed by atoms with Gasteiger partial charge >= 0.3 is 0 Å². The van der Waals surface area contributed by atoms with Crippen LogP contribution in [-0.2, 0) is 5.41 Å². The number of methoxy groups -OCH3 is 4. The first kappa shape index (κ1) is 40.7. The average molecular weight is 845 g/mol. The minimum atomic E-state index is -0.976. The molecule has 8 aromatic carbocycles. The first-order chi connectivity index (χ1) is 30.7. The third kappa shape index (κ3) is 6.93. The molecule has 0 atom stereocenters. The van der Waals surface area contributed by atoms with Crippen LogP contribution in [0.15, 0.2) is 170 Å². The second kappa shape index (κ2) is 16.6. The fraction of sp³-hybridized carbons (Fsp3) is 0.0943. The Morgan fingerprint density at radius 2 is 0.651 bits per heavy atom. The number of benzene rings is 8. The zero-order valence-corrected chi connectivity index (χ0v) is 34.7. The van der Waals surface area contributed by atoms with Gasteiger partial charge in [-0.05, 0) is 106 Å². The van der Waals surface area contributed by atoms with E-state index in [-0.39, 0.29) is 23.0 Å². The molecule has 0 amide bonds. The van der Waals surface area contributed by atoms with Crippen molar-refractivity contribution < 1.29 is 36.5 Å². The van der Waals surface area contributed by atoms with Crippen LogP contribution < -0.4 is 28.7 Å². The summed E-state index contributed by atoms with van der Waals surface area (Å²) < 4.78 is 82.3. The van der Waals surface area contributed by atoms with E-state index >= 15 is 0 Å². The summed E-state index contributed by atoms with van der Waals surface area (Å²) in [5.74, 6) is -0.947. The fourth-order valence-electron chi connectivity index (χ4n) is 8.90. The van der Waals surface area contributed by atoms with Crippen LogP contribution in [0, 0.1) is 23.3 Å². The third-order valence-electron chi connectivity index (χ3n) is 11.6. The lowest BCUT2D eigenvalue weighted by Gasteiger charge is -2.36. The number of hydrogen-bond acceptors (Lipinski definition) is 6. The standard InChI is InChI=1S/C53H40F4N2O4/c1-60-49-27-35(54)15-23-45(49)58(46-24-16-36(55)28-50(46)61-2)39-19-21-41-42-22-20-40(59(47-25-17-37(56)29-51(47)62-3)48-26-18-38(57)30-52(48)63-4)32-44(42)53(43(41)31-39,33-11-7-5-8-12-33)34-13-9-6-10-14-34/h5-32H,1-4H3. The summed E-state index contributed by atoms with van der Waals surface area (Å²) in [5, 5.41) is 0. The predicted molar refractivity (Wildman–Crippen MR) is 239 cm³/mol. The van der Waals surface area contributed by atoms with Crippen molar-refractivity contribution >= 4 is 34.1 Å². The summed E-state index contributed by atoms with van der Waals surface area (Å²) in [6.45, 7) is 0. The molecule has 6 nitrogen and oxygen atoms in total. The molecule has 9 rings (SSSR count). The van der Waals surface area contributed by atoms with E-state index in [2.05, 4.69) is 48.5 Å². The van der Waals surface area contributed by atoms with Crippen LogP contribution in [0.4, 0.5) is 51.7 Å². The molecule has 63 heavy (non-hydrogen) atoms. The van der Waals surface area contributed by atoms with E-state index < -0.39 is 28.7 Å². The van der Waals surface area contributed by atoms with E-state index in [0.29, 0.717) is 34.1 Å². The van der Waals surface area contributed by atoms with Gasteiger partial charge in [-0.15, -0.1) is 0 Å². The summed E-state index contributed by atoms with van der Waals surface area (Å²) in [7, 11) is 5.88. The maximum Gasteiger partial charge on any atom is 0.145 e. The highest BCUT2D eigenvalue weighted by Gasteiger charge is 2.47. The maximum atomic E-state index is 14.8. The van der Waals surface area contributed by atoms with E-state index in [9.17, 15) is 17.6 Å². The molecule has 0 fully saturated rings. The molecule has 1 aliphatic carbocycles. The Kier molecular flexibility index (Phi) is 10.7. The minimum absolute atomic E-state index is 0.250. The van der Waals surface area contributed by atoms with Crippen LogP contribution in [0.1, 0.15) is 22.3 Å². The summed E-state index contributed by atoms with van der Waals surface area (Å²) in [6, 6.07) is 49.7. The Morgan fingerprint density at radius 3 is 0.937 bits per heavy atom. The van der Waals surface area contributed by atoms with Gasteiger partial charge in [-0.25, -0.2) is 17.6 Å². The van der Waals surface area contributed by atoms with Crippen LogP contribution in [-0.4, -0.2) is 28.4 Å². The summed E-state index contributed by atoms with van der Waals surface area (Å²) >= 11 is 0. The van der Waals surface area contributed by atoms with Crippen LogP contribution in [0.3, 0.4) is 0 Å². The number of fused-ring (bicyclic) bond motifs is 3. The molecule has 0 aromatic heterocycles. The number of anilines is 6. The second-order valence-electron chi connectivity index (χ2n) is 14.9. The highest BCUT2D eigenvalue weighted by Crippen LogP contribution is 2.59. The number of hydrogen-bond donors (Lipinski definition) is 0. The molecular weight excluding hydrogens is 805 g/mol. The Bertz CT molecular complexity index is 2670. The lowest BCUT2D eigenvalue weighted by molar-refractivity contribution is 0.409. The molecule has 0 saturated heterocycles. The zero-order valence-electron chi connectivity index (χ0n) is 34.7. The Hall–Kier alpha value is -7.72. The molecule has 10 heteroatoms. The van der Waals surface area contributed by atoms with E-state index in [0.717, 1.165) is 33.4 Å². The molecule has 0 N–H and O–H groups in total. The SMILES string of the molecule is COc1cc(F)ccc1N(c1ccc2c(c1)C(c1ccccc1)(c1ccccc1)c1cc(N(c3ccc(F)cc3OC)c3ccc(F)cc3OC)ccc1-2)c1ccc(F)cc1OC. The predicted octanol–water partition coefficient (Wildman–Crippen LogP) is 13.6. The van der Waals surface area contributed by atoms with Crippen LogP contribution >= 0.6 is 0 Å². The molecule has 0 saturated carbocycles.